The first-order valence-corrected chi connectivity index (χ1v) is 8.77. The topological polar surface area (TPSA) is 59.7 Å². The molecule has 0 spiro atoms. The van der Waals surface area contributed by atoms with Gasteiger partial charge in [0.2, 0.25) is 5.76 Å². The first-order valence-electron chi connectivity index (χ1n) is 8.77. The highest BCUT2D eigenvalue weighted by Crippen LogP contribution is 2.29. The van der Waals surface area contributed by atoms with E-state index >= 15 is 0 Å². The summed E-state index contributed by atoms with van der Waals surface area (Å²) in [4.78, 5) is 11.3. The maximum Gasteiger partial charge on any atom is 0.372 e. The van der Waals surface area contributed by atoms with Crippen LogP contribution < -0.4 is 4.74 Å². The molecule has 0 saturated heterocycles. The van der Waals surface area contributed by atoms with Crippen molar-refractivity contribution in [3.05, 3.63) is 29.7 Å². The van der Waals surface area contributed by atoms with Gasteiger partial charge in [-0.25, -0.2) is 4.79 Å². The first-order chi connectivity index (χ1) is 11.4. The van der Waals surface area contributed by atoms with E-state index in [1.54, 1.807) is 13.0 Å². The van der Waals surface area contributed by atoms with Crippen LogP contribution in [0.5, 0.6) is 5.75 Å². The van der Waals surface area contributed by atoms with Crippen molar-refractivity contribution in [1.29, 1.82) is 0 Å². The number of hydrogen-bond donors (Lipinski definition) is 1. The second-order valence-corrected chi connectivity index (χ2v) is 7.07. The molecule has 1 unspecified atom stereocenters. The molecule has 0 fully saturated rings. The van der Waals surface area contributed by atoms with Crippen molar-refractivity contribution in [2.75, 3.05) is 6.61 Å². The van der Waals surface area contributed by atoms with Gasteiger partial charge in [-0.05, 0) is 43.4 Å². The van der Waals surface area contributed by atoms with Crippen molar-refractivity contribution in [3.63, 3.8) is 0 Å². The van der Waals surface area contributed by atoms with Crippen molar-refractivity contribution >= 4 is 16.7 Å². The summed E-state index contributed by atoms with van der Waals surface area (Å²) in [5.41, 5.74) is 0. The van der Waals surface area contributed by atoms with Crippen LogP contribution in [0.4, 0.5) is 0 Å². The number of hydrogen-bond acceptors (Lipinski definition) is 3. The van der Waals surface area contributed by atoms with Gasteiger partial charge < -0.3 is 14.3 Å². The number of fused-ring (bicyclic) bond motifs is 1. The Morgan fingerprint density at radius 2 is 1.92 bits per heavy atom. The SMILES string of the molecule is Cc1oc(C(=O)O)c2cc(OCCC(C)CCCC(C)C)ccc12. The number of carboxylic acids is 1. The molecule has 1 atom stereocenters. The zero-order valence-electron chi connectivity index (χ0n) is 15.1. The Morgan fingerprint density at radius 3 is 2.58 bits per heavy atom. The van der Waals surface area contributed by atoms with Gasteiger partial charge in [-0.2, -0.15) is 0 Å². The third-order valence-electron chi connectivity index (χ3n) is 4.42. The van der Waals surface area contributed by atoms with Gasteiger partial charge in [-0.15, -0.1) is 0 Å². The summed E-state index contributed by atoms with van der Waals surface area (Å²) in [5.74, 6) is 1.65. The average Bonchev–Trinajstić information content (AvgIpc) is 2.84. The van der Waals surface area contributed by atoms with Gasteiger partial charge in [-0.1, -0.05) is 40.0 Å². The zero-order valence-corrected chi connectivity index (χ0v) is 15.1. The number of aromatic carboxylic acids is 1. The van der Waals surface area contributed by atoms with Crippen molar-refractivity contribution < 1.29 is 19.1 Å². The van der Waals surface area contributed by atoms with E-state index in [0.29, 0.717) is 29.4 Å². The fourth-order valence-electron chi connectivity index (χ4n) is 2.93. The lowest BCUT2D eigenvalue weighted by Crippen LogP contribution is -2.05. The van der Waals surface area contributed by atoms with Crippen LogP contribution >= 0.6 is 0 Å². The maximum atomic E-state index is 11.3. The predicted molar refractivity (Wildman–Crippen MR) is 95.9 cm³/mol. The van der Waals surface area contributed by atoms with Crippen LogP contribution in [0.15, 0.2) is 22.6 Å². The monoisotopic (exact) mass is 332 g/mol. The maximum absolute atomic E-state index is 11.3. The standard InChI is InChI=1S/C20H28O4/c1-13(2)6-5-7-14(3)10-11-23-16-8-9-17-15(4)24-19(20(21)22)18(17)12-16/h8-9,12-14H,5-7,10-11H2,1-4H3,(H,21,22). The smallest absolute Gasteiger partial charge is 0.372 e. The van der Waals surface area contributed by atoms with Crippen LogP contribution in [0.3, 0.4) is 0 Å². The number of benzene rings is 1. The zero-order chi connectivity index (χ0) is 17.7. The Hall–Kier alpha value is -1.97. The normalized spacial score (nSPS) is 12.7. The molecule has 24 heavy (non-hydrogen) atoms. The summed E-state index contributed by atoms with van der Waals surface area (Å²) in [7, 11) is 0. The van der Waals surface area contributed by atoms with Gasteiger partial charge in [0, 0.05) is 10.8 Å². The van der Waals surface area contributed by atoms with Crippen LogP contribution in [0.25, 0.3) is 10.8 Å². The highest BCUT2D eigenvalue weighted by Gasteiger charge is 2.17. The quantitative estimate of drug-likeness (QED) is 0.642. The van der Waals surface area contributed by atoms with Crippen LogP contribution in [-0.2, 0) is 0 Å². The number of carboxylic acid groups (broad SMARTS) is 1. The molecule has 1 aromatic heterocycles. The molecule has 1 N–H and O–H groups in total. The van der Waals surface area contributed by atoms with Crippen molar-refractivity contribution in [2.24, 2.45) is 11.8 Å². The van der Waals surface area contributed by atoms with E-state index in [2.05, 4.69) is 20.8 Å². The molecule has 132 valence electrons. The summed E-state index contributed by atoms with van der Waals surface area (Å²) >= 11 is 0. The molecule has 0 aliphatic heterocycles. The average molecular weight is 332 g/mol. The third-order valence-corrected chi connectivity index (χ3v) is 4.42. The Bertz CT molecular complexity index is 684. The van der Waals surface area contributed by atoms with Gasteiger partial charge in [0.05, 0.1) is 6.61 Å². The summed E-state index contributed by atoms with van der Waals surface area (Å²) in [5, 5.41) is 10.6. The molecule has 2 rings (SSSR count). The van der Waals surface area contributed by atoms with E-state index in [1.807, 2.05) is 12.1 Å². The number of aryl methyl sites for hydroxylation is 1. The summed E-state index contributed by atoms with van der Waals surface area (Å²) in [6, 6.07) is 5.50. The van der Waals surface area contributed by atoms with Gasteiger partial charge in [-0.3, -0.25) is 0 Å². The molecule has 0 aliphatic rings. The van der Waals surface area contributed by atoms with E-state index in [-0.39, 0.29) is 5.76 Å². The van der Waals surface area contributed by atoms with Crippen LogP contribution in [0.1, 0.15) is 62.8 Å². The highest BCUT2D eigenvalue weighted by molar-refractivity contribution is 6.02. The van der Waals surface area contributed by atoms with Crippen molar-refractivity contribution in [3.8, 4) is 5.75 Å². The third kappa shape index (κ3) is 4.76. The minimum Gasteiger partial charge on any atom is -0.494 e. The van der Waals surface area contributed by atoms with Crippen molar-refractivity contribution in [2.45, 2.75) is 53.4 Å². The van der Waals surface area contributed by atoms with E-state index in [1.165, 1.54) is 19.3 Å². The molecule has 0 radical (unpaired) electrons. The molecule has 0 aliphatic carbocycles. The number of ether oxygens (including phenoxy) is 1. The lowest BCUT2D eigenvalue weighted by molar-refractivity contribution is 0.0664. The number of furan rings is 1. The summed E-state index contributed by atoms with van der Waals surface area (Å²) in [6.45, 7) is 9.19. The molecule has 0 saturated carbocycles. The Balaban J connectivity index is 1.91. The first kappa shape index (κ1) is 18.4. The van der Waals surface area contributed by atoms with E-state index in [4.69, 9.17) is 9.15 Å². The van der Waals surface area contributed by atoms with E-state index in [0.717, 1.165) is 17.7 Å². The molecule has 1 heterocycles. The fourth-order valence-corrected chi connectivity index (χ4v) is 2.93. The van der Waals surface area contributed by atoms with Gasteiger partial charge in [0.1, 0.15) is 11.5 Å². The molecular weight excluding hydrogens is 304 g/mol. The molecule has 4 heteroatoms. The van der Waals surface area contributed by atoms with Crippen molar-refractivity contribution in [1.82, 2.24) is 0 Å². The lowest BCUT2D eigenvalue weighted by Gasteiger charge is -2.13. The molecular formula is C20H28O4. The van der Waals surface area contributed by atoms with Gasteiger partial charge in [0.15, 0.2) is 0 Å². The second kappa shape index (κ2) is 8.22. The minimum atomic E-state index is -1.05. The van der Waals surface area contributed by atoms with Crippen LogP contribution in [0, 0.1) is 18.8 Å². The van der Waals surface area contributed by atoms with Gasteiger partial charge in [0.25, 0.3) is 0 Å². The predicted octanol–water partition coefficient (Wildman–Crippen LogP) is 5.67. The number of rotatable bonds is 9. The minimum absolute atomic E-state index is 0.0185. The number of carbonyl (C=O) groups is 1. The largest absolute Gasteiger partial charge is 0.494 e. The second-order valence-electron chi connectivity index (χ2n) is 7.07. The molecule has 0 amide bonds. The Kier molecular flexibility index (Phi) is 6.29. The van der Waals surface area contributed by atoms with E-state index in [9.17, 15) is 9.90 Å². The highest BCUT2D eigenvalue weighted by atomic mass is 16.5. The Labute approximate surface area is 143 Å². The van der Waals surface area contributed by atoms with Crippen LogP contribution in [0.2, 0.25) is 0 Å². The van der Waals surface area contributed by atoms with E-state index < -0.39 is 5.97 Å². The molecule has 4 nitrogen and oxygen atoms in total. The van der Waals surface area contributed by atoms with Gasteiger partial charge >= 0.3 is 5.97 Å². The Morgan fingerprint density at radius 1 is 1.17 bits per heavy atom. The van der Waals surface area contributed by atoms with Crippen LogP contribution in [-0.4, -0.2) is 17.7 Å². The molecule has 2 aromatic rings. The summed E-state index contributed by atoms with van der Waals surface area (Å²) < 4.78 is 11.2. The molecule has 1 aromatic carbocycles. The fraction of sp³-hybridized carbons (Fsp3) is 0.550. The summed E-state index contributed by atoms with van der Waals surface area (Å²) in [6.07, 6.45) is 4.78. The molecule has 0 bridgehead atoms. The lowest BCUT2D eigenvalue weighted by atomic mass is 9.98.